The molecule has 0 bridgehead atoms. The molecule has 0 heterocycles. The molecule has 0 aliphatic carbocycles. The number of hydrogen-bond donors (Lipinski definition) is 2. The standard InChI is InChI=1S/C8H13O5P/c1-3-4-5-7(2)8(9)6-13-14(10,11)12/h7H,5-6H2,1-2H3,(H2,10,11,12). The Hall–Kier alpha value is -0.660. The van der Waals surface area contributed by atoms with Crippen LogP contribution in [0.4, 0.5) is 0 Å². The molecule has 0 aromatic carbocycles. The van der Waals surface area contributed by atoms with Crippen molar-refractivity contribution in [3.63, 3.8) is 0 Å². The summed E-state index contributed by atoms with van der Waals surface area (Å²) in [6, 6.07) is 0. The highest BCUT2D eigenvalue weighted by Gasteiger charge is 2.19. The normalized spacial score (nSPS) is 12.9. The summed E-state index contributed by atoms with van der Waals surface area (Å²) < 4.78 is 14.3. The van der Waals surface area contributed by atoms with Crippen LogP contribution in [0, 0.1) is 17.8 Å². The minimum atomic E-state index is -4.54. The molecule has 6 heteroatoms. The molecule has 0 aromatic rings. The molecule has 0 aromatic heterocycles. The molecule has 1 atom stereocenters. The van der Waals surface area contributed by atoms with E-state index in [1.165, 1.54) is 0 Å². The van der Waals surface area contributed by atoms with Crippen molar-refractivity contribution in [3.8, 4) is 11.8 Å². The molecule has 0 amide bonds. The lowest BCUT2D eigenvalue weighted by Crippen LogP contribution is -2.16. The number of ketones is 1. The minimum Gasteiger partial charge on any atom is -0.303 e. The number of carbonyl (C=O) groups excluding carboxylic acids is 1. The highest BCUT2D eigenvalue weighted by Crippen LogP contribution is 2.35. The van der Waals surface area contributed by atoms with Crippen molar-refractivity contribution in [2.24, 2.45) is 5.92 Å². The van der Waals surface area contributed by atoms with Gasteiger partial charge in [-0.05, 0) is 6.92 Å². The van der Waals surface area contributed by atoms with Gasteiger partial charge in [-0.3, -0.25) is 9.32 Å². The summed E-state index contributed by atoms with van der Waals surface area (Å²) in [6.07, 6.45) is 0.375. The van der Waals surface area contributed by atoms with Gasteiger partial charge in [0.1, 0.15) is 6.61 Å². The zero-order valence-corrected chi connectivity index (χ0v) is 8.95. The first-order valence-electron chi connectivity index (χ1n) is 3.99. The van der Waals surface area contributed by atoms with Gasteiger partial charge >= 0.3 is 7.82 Å². The Balaban J connectivity index is 3.94. The summed E-state index contributed by atoms with van der Waals surface area (Å²) >= 11 is 0. The van der Waals surface area contributed by atoms with Crippen LogP contribution in [-0.4, -0.2) is 22.2 Å². The first kappa shape index (κ1) is 13.3. The molecule has 2 N–H and O–H groups in total. The Morgan fingerprint density at radius 1 is 1.57 bits per heavy atom. The van der Waals surface area contributed by atoms with Crippen LogP contribution in [0.5, 0.6) is 0 Å². The second-order valence-electron chi connectivity index (χ2n) is 2.76. The summed E-state index contributed by atoms with van der Waals surface area (Å²) in [5, 5.41) is 0. The number of carbonyl (C=O) groups is 1. The van der Waals surface area contributed by atoms with E-state index in [1.807, 2.05) is 0 Å². The fourth-order valence-corrected chi connectivity index (χ4v) is 0.954. The van der Waals surface area contributed by atoms with E-state index in [0.29, 0.717) is 6.42 Å². The molecular weight excluding hydrogens is 207 g/mol. The van der Waals surface area contributed by atoms with Crippen molar-refractivity contribution in [2.45, 2.75) is 20.3 Å². The van der Waals surface area contributed by atoms with Gasteiger partial charge in [-0.25, -0.2) is 4.57 Å². The van der Waals surface area contributed by atoms with Crippen molar-refractivity contribution in [1.29, 1.82) is 0 Å². The van der Waals surface area contributed by atoms with Crippen LogP contribution < -0.4 is 0 Å². The van der Waals surface area contributed by atoms with Gasteiger partial charge < -0.3 is 9.79 Å². The van der Waals surface area contributed by atoms with Crippen LogP contribution in [0.1, 0.15) is 20.3 Å². The Morgan fingerprint density at radius 2 is 2.14 bits per heavy atom. The Labute approximate surface area is 82.7 Å². The van der Waals surface area contributed by atoms with Crippen LogP contribution in [0.25, 0.3) is 0 Å². The minimum absolute atomic E-state index is 0.365. The van der Waals surface area contributed by atoms with E-state index < -0.39 is 14.4 Å². The molecule has 0 radical (unpaired) electrons. The fraction of sp³-hybridized carbons (Fsp3) is 0.625. The summed E-state index contributed by atoms with van der Waals surface area (Å²) in [5.41, 5.74) is 0. The number of rotatable bonds is 5. The second kappa shape index (κ2) is 5.94. The molecular formula is C8H13O5P. The van der Waals surface area contributed by atoms with Crippen LogP contribution in [0.2, 0.25) is 0 Å². The van der Waals surface area contributed by atoms with Crippen molar-refractivity contribution in [1.82, 2.24) is 0 Å². The maximum absolute atomic E-state index is 11.2. The molecule has 0 aliphatic rings. The van der Waals surface area contributed by atoms with E-state index in [2.05, 4.69) is 16.4 Å². The molecule has 1 unspecified atom stereocenters. The van der Waals surface area contributed by atoms with Gasteiger partial charge in [0.25, 0.3) is 0 Å². The molecule has 0 rings (SSSR count). The third-order valence-corrected chi connectivity index (χ3v) is 1.98. The van der Waals surface area contributed by atoms with E-state index in [0.717, 1.165) is 0 Å². The van der Waals surface area contributed by atoms with Gasteiger partial charge in [-0.15, -0.1) is 11.8 Å². The Bertz CT molecular complexity index is 295. The predicted octanol–water partition coefficient (Wildman–Crippen LogP) is 0.714. The maximum Gasteiger partial charge on any atom is 0.470 e. The zero-order valence-electron chi connectivity index (χ0n) is 8.06. The third kappa shape index (κ3) is 6.81. The first-order valence-corrected chi connectivity index (χ1v) is 5.52. The smallest absolute Gasteiger partial charge is 0.303 e. The topological polar surface area (TPSA) is 83.8 Å². The molecule has 80 valence electrons. The fourth-order valence-electron chi connectivity index (χ4n) is 0.659. The monoisotopic (exact) mass is 220 g/mol. The molecule has 0 fully saturated rings. The average molecular weight is 220 g/mol. The van der Waals surface area contributed by atoms with Crippen molar-refractivity contribution in [2.75, 3.05) is 6.61 Å². The zero-order chi connectivity index (χ0) is 11.2. The van der Waals surface area contributed by atoms with E-state index in [1.54, 1.807) is 13.8 Å². The lowest BCUT2D eigenvalue weighted by Gasteiger charge is -2.07. The molecule has 0 saturated carbocycles. The summed E-state index contributed by atoms with van der Waals surface area (Å²) in [5.74, 6) is 4.60. The summed E-state index contributed by atoms with van der Waals surface area (Å²) in [4.78, 5) is 27.8. The van der Waals surface area contributed by atoms with Gasteiger partial charge in [-0.2, -0.15) is 0 Å². The lowest BCUT2D eigenvalue weighted by atomic mass is 10.0. The second-order valence-corrected chi connectivity index (χ2v) is 4.00. The quantitative estimate of drug-likeness (QED) is 0.526. The van der Waals surface area contributed by atoms with Gasteiger partial charge in [0.15, 0.2) is 5.78 Å². The average Bonchev–Trinajstić information content (AvgIpc) is 2.09. The van der Waals surface area contributed by atoms with Crippen LogP contribution in [-0.2, 0) is 13.9 Å². The van der Waals surface area contributed by atoms with Crippen molar-refractivity contribution in [3.05, 3.63) is 0 Å². The molecule has 0 spiro atoms. The van der Waals surface area contributed by atoms with Crippen molar-refractivity contribution >= 4 is 13.6 Å². The Kier molecular flexibility index (Phi) is 5.66. The number of phosphoric acid groups is 1. The van der Waals surface area contributed by atoms with Crippen LogP contribution in [0.15, 0.2) is 0 Å². The highest BCUT2D eigenvalue weighted by molar-refractivity contribution is 7.46. The SMILES string of the molecule is CC#CCC(C)C(=O)COP(=O)(O)O. The first-order chi connectivity index (χ1) is 6.37. The maximum atomic E-state index is 11.2. The van der Waals surface area contributed by atoms with E-state index in [-0.39, 0.29) is 11.7 Å². The largest absolute Gasteiger partial charge is 0.470 e. The third-order valence-electron chi connectivity index (χ3n) is 1.51. The highest BCUT2D eigenvalue weighted by atomic mass is 31.2. The van der Waals surface area contributed by atoms with Crippen LogP contribution >= 0.6 is 7.82 Å². The molecule has 5 nitrogen and oxygen atoms in total. The number of Topliss-reactive ketones (excluding diaryl/α,β-unsaturated/α-hetero) is 1. The number of hydrogen-bond acceptors (Lipinski definition) is 3. The molecule has 14 heavy (non-hydrogen) atoms. The lowest BCUT2D eigenvalue weighted by molar-refractivity contribution is -0.124. The van der Waals surface area contributed by atoms with E-state index in [4.69, 9.17) is 9.79 Å². The summed E-state index contributed by atoms with van der Waals surface area (Å²) in [7, 11) is -4.54. The van der Waals surface area contributed by atoms with Gasteiger partial charge in [0, 0.05) is 12.3 Å². The van der Waals surface area contributed by atoms with Gasteiger partial charge in [0.05, 0.1) is 0 Å². The predicted molar refractivity (Wildman–Crippen MR) is 50.2 cm³/mol. The van der Waals surface area contributed by atoms with Crippen molar-refractivity contribution < 1.29 is 23.7 Å². The van der Waals surface area contributed by atoms with Crippen LogP contribution in [0.3, 0.4) is 0 Å². The number of phosphoric ester groups is 1. The van der Waals surface area contributed by atoms with Gasteiger partial charge in [0.2, 0.25) is 0 Å². The van der Waals surface area contributed by atoms with E-state index >= 15 is 0 Å². The molecule has 0 aliphatic heterocycles. The summed E-state index contributed by atoms with van der Waals surface area (Å²) in [6.45, 7) is 2.72. The van der Waals surface area contributed by atoms with Gasteiger partial charge in [-0.1, -0.05) is 6.92 Å². The molecule has 0 saturated heterocycles. The Morgan fingerprint density at radius 3 is 2.57 bits per heavy atom. The van der Waals surface area contributed by atoms with E-state index in [9.17, 15) is 9.36 Å².